The van der Waals surface area contributed by atoms with E-state index in [-0.39, 0.29) is 11.4 Å². The molecule has 1 unspecified atom stereocenters. The number of esters is 1. The van der Waals surface area contributed by atoms with Gasteiger partial charge in [0, 0.05) is 13.0 Å². The zero-order valence-electron chi connectivity index (χ0n) is 14.5. The lowest BCUT2D eigenvalue weighted by molar-refractivity contribution is -0.173. The molecule has 124 valence electrons. The molecular formula is C18H28O4. The highest BCUT2D eigenvalue weighted by Crippen LogP contribution is 2.34. The maximum Gasteiger partial charge on any atom is 0.308 e. The van der Waals surface area contributed by atoms with E-state index in [1.165, 1.54) is 0 Å². The molecule has 0 aliphatic heterocycles. The highest BCUT2D eigenvalue weighted by molar-refractivity contribution is 5.69. The van der Waals surface area contributed by atoms with Crippen molar-refractivity contribution in [1.29, 1.82) is 0 Å². The Morgan fingerprint density at radius 1 is 1.32 bits per heavy atom. The molecule has 1 atom stereocenters. The summed E-state index contributed by atoms with van der Waals surface area (Å²) in [4.78, 5) is 11.8. The van der Waals surface area contributed by atoms with Gasteiger partial charge >= 0.3 is 5.97 Å². The van der Waals surface area contributed by atoms with Crippen molar-refractivity contribution in [2.24, 2.45) is 0 Å². The van der Waals surface area contributed by atoms with Crippen molar-refractivity contribution in [2.45, 2.75) is 66.1 Å². The highest BCUT2D eigenvalue weighted by Gasteiger charge is 2.20. The Bertz CT molecular complexity index is 515. The van der Waals surface area contributed by atoms with Crippen molar-refractivity contribution in [3.63, 3.8) is 0 Å². The van der Waals surface area contributed by atoms with Crippen LogP contribution in [0, 0.1) is 6.92 Å². The fourth-order valence-electron chi connectivity index (χ4n) is 2.33. The lowest BCUT2D eigenvalue weighted by Gasteiger charge is -2.22. The average molecular weight is 308 g/mol. The predicted octanol–water partition coefficient (Wildman–Crippen LogP) is 3.86. The van der Waals surface area contributed by atoms with Crippen LogP contribution in [0.15, 0.2) is 12.1 Å². The molecule has 0 radical (unpaired) electrons. The number of hydrogen-bond acceptors (Lipinski definition) is 4. The Labute approximate surface area is 133 Å². The molecule has 22 heavy (non-hydrogen) atoms. The SMILES string of the molecule is CCOC(C)OC(=O)CCc1cc(C)c(O)c(C(C)(C)C)c1. The number of benzene rings is 1. The van der Waals surface area contributed by atoms with Gasteiger partial charge in [-0.05, 0) is 49.3 Å². The van der Waals surface area contributed by atoms with E-state index >= 15 is 0 Å². The standard InChI is InChI=1S/C18H28O4/c1-7-21-13(3)22-16(19)9-8-14-10-12(2)17(20)15(11-14)18(4,5)6/h10-11,13,20H,7-9H2,1-6H3. The summed E-state index contributed by atoms with van der Waals surface area (Å²) in [6.07, 6.45) is 0.372. The van der Waals surface area contributed by atoms with Crippen molar-refractivity contribution in [3.05, 3.63) is 28.8 Å². The second-order valence-corrected chi connectivity index (χ2v) is 6.57. The van der Waals surface area contributed by atoms with E-state index in [4.69, 9.17) is 9.47 Å². The normalized spacial score (nSPS) is 13.0. The van der Waals surface area contributed by atoms with Crippen molar-refractivity contribution in [2.75, 3.05) is 6.61 Å². The summed E-state index contributed by atoms with van der Waals surface area (Å²) in [6, 6.07) is 3.89. The van der Waals surface area contributed by atoms with Gasteiger partial charge < -0.3 is 14.6 Å². The van der Waals surface area contributed by atoms with Crippen molar-refractivity contribution in [1.82, 2.24) is 0 Å². The van der Waals surface area contributed by atoms with Crippen LogP contribution in [0.4, 0.5) is 0 Å². The number of phenolic OH excluding ortho intramolecular Hbond substituents is 1. The number of carbonyl (C=O) groups is 1. The van der Waals surface area contributed by atoms with Crippen LogP contribution in [0.3, 0.4) is 0 Å². The molecule has 1 N–H and O–H groups in total. The van der Waals surface area contributed by atoms with E-state index < -0.39 is 6.29 Å². The molecule has 0 spiro atoms. The second-order valence-electron chi connectivity index (χ2n) is 6.57. The van der Waals surface area contributed by atoms with Gasteiger partial charge in [-0.2, -0.15) is 0 Å². The molecule has 0 amide bonds. The number of rotatable bonds is 6. The Balaban J connectivity index is 2.75. The Morgan fingerprint density at radius 3 is 2.50 bits per heavy atom. The Kier molecular flexibility index (Phi) is 6.42. The molecule has 4 heteroatoms. The lowest BCUT2D eigenvalue weighted by Crippen LogP contribution is -2.18. The summed E-state index contributed by atoms with van der Waals surface area (Å²) in [6.45, 7) is 12.1. The molecule has 1 aromatic carbocycles. The smallest absolute Gasteiger partial charge is 0.308 e. The summed E-state index contributed by atoms with van der Waals surface area (Å²) in [5.74, 6) is 0.0628. The van der Waals surface area contributed by atoms with Crippen LogP contribution >= 0.6 is 0 Å². The number of carbonyl (C=O) groups excluding carboxylic acids is 1. The molecular weight excluding hydrogens is 280 g/mol. The Hall–Kier alpha value is -1.55. The summed E-state index contributed by atoms with van der Waals surface area (Å²) >= 11 is 0. The maximum absolute atomic E-state index is 11.8. The van der Waals surface area contributed by atoms with E-state index in [2.05, 4.69) is 20.8 Å². The topological polar surface area (TPSA) is 55.8 Å². The first-order valence-corrected chi connectivity index (χ1v) is 7.79. The summed E-state index contributed by atoms with van der Waals surface area (Å²) in [7, 11) is 0. The molecule has 0 saturated carbocycles. The van der Waals surface area contributed by atoms with Gasteiger partial charge in [-0.3, -0.25) is 4.79 Å². The first kappa shape index (κ1) is 18.5. The summed E-state index contributed by atoms with van der Waals surface area (Å²) in [5, 5.41) is 10.2. The minimum Gasteiger partial charge on any atom is -0.507 e. The third-order valence-electron chi connectivity index (χ3n) is 3.48. The maximum atomic E-state index is 11.8. The fourth-order valence-corrected chi connectivity index (χ4v) is 2.33. The first-order chi connectivity index (χ1) is 10.1. The minimum absolute atomic E-state index is 0.144. The largest absolute Gasteiger partial charge is 0.507 e. The molecule has 0 bridgehead atoms. The average Bonchev–Trinajstić information content (AvgIpc) is 2.38. The van der Waals surface area contributed by atoms with Gasteiger partial charge in [-0.15, -0.1) is 0 Å². The van der Waals surface area contributed by atoms with E-state index in [1.807, 2.05) is 26.0 Å². The second kappa shape index (κ2) is 7.63. The molecule has 1 aromatic rings. The highest BCUT2D eigenvalue weighted by atomic mass is 16.7. The zero-order valence-corrected chi connectivity index (χ0v) is 14.5. The van der Waals surface area contributed by atoms with Crippen LogP contribution in [0.25, 0.3) is 0 Å². The van der Waals surface area contributed by atoms with E-state index in [1.54, 1.807) is 6.92 Å². The molecule has 0 aliphatic rings. The first-order valence-electron chi connectivity index (χ1n) is 7.79. The van der Waals surface area contributed by atoms with Crippen LogP contribution < -0.4 is 0 Å². The molecule has 0 heterocycles. The van der Waals surface area contributed by atoms with Crippen molar-refractivity contribution in [3.8, 4) is 5.75 Å². The number of hydrogen-bond donors (Lipinski definition) is 1. The van der Waals surface area contributed by atoms with E-state index in [0.717, 1.165) is 16.7 Å². The third-order valence-corrected chi connectivity index (χ3v) is 3.48. The number of aryl methyl sites for hydroxylation is 2. The van der Waals surface area contributed by atoms with Gasteiger partial charge in [0.1, 0.15) is 5.75 Å². The monoisotopic (exact) mass is 308 g/mol. The summed E-state index contributed by atoms with van der Waals surface area (Å²) in [5.41, 5.74) is 2.62. The molecule has 4 nitrogen and oxygen atoms in total. The molecule has 0 saturated heterocycles. The van der Waals surface area contributed by atoms with Crippen LogP contribution in [0.5, 0.6) is 5.75 Å². The number of aromatic hydroxyl groups is 1. The van der Waals surface area contributed by atoms with Gasteiger partial charge in [0.25, 0.3) is 0 Å². The van der Waals surface area contributed by atoms with Crippen LogP contribution in [-0.4, -0.2) is 24.0 Å². The number of phenols is 1. The fraction of sp³-hybridized carbons (Fsp3) is 0.611. The Morgan fingerprint density at radius 2 is 1.95 bits per heavy atom. The molecule has 1 rings (SSSR count). The van der Waals surface area contributed by atoms with Crippen LogP contribution in [-0.2, 0) is 26.1 Å². The van der Waals surface area contributed by atoms with E-state index in [0.29, 0.717) is 25.2 Å². The van der Waals surface area contributed by atoms with E-state index in [9.17, 15) is 9.90 Å². The predicted molar refractivity (Wildman–Crippen MR) is 87.0 cm³/mol. The van der Waals surface area contributed by atoms with Crippen LogP contribution in [0.1, 0.15) is 57.7 Å². The molecule has 0 aliphatic carbocycles. The van der Waals surface area contributed by atoms with Crippen LogP contribution in [0.2, 0.25) is 0 Å². The molecule has 0 aromatic heterocycles. The lowest BCUT2D eigenvalue weighted by atomic mass is 9.83. The quantitative estimate of drug-likeness (QED) is 0.640. The van der Waals surface area contributed by atoms with Gasteiger partial charge in [0.2, 0.25) is 0 Å². The van der Waals surface area contributed by atoms with Crippen molar-refractivity contribution < 1.29 is 19.4 Å². The molecule has 0 fully saturated rings. The third kappa shape index (κ3) is 5.34. The van der Waals surface area contributed by atoms with Crippen molar-refractivity contribution >= 4 is 5.97 Å². The summed E-state index contributed by atoms with van der Waals surface area (Å²) < 4.78 is 10.3. The number of ether oxygens (including phenoxy) is 2. The van der Waals surface area contributed by atoms with Gasteiger partial charge in [-0.1, -0.05) is 32.9 Å². The minimum atomic E-state index is -0.510. The zero-order chi connectivity index (χ0) is 16.9. The van der Waals surface area contributed by atoms with Gasteiger partial charge in [0.15, 0.2) is 6.29 Å². The van der Waals surface area contributed by atoms with Gasteiger partial charge in [-0.25, -0.2) is 0 Å². The van der Waals surface area contributed by atoms with Gasteiger partial charge in [0.05, 0.1) is 0 Å².